The summed E-state index contributed by atoms with van der Waals surface area (Å²) in [5.74, 6) is -1.33. The first-order valence-corrected chi connectivity index (χ1v) is 17.7. The highest BCUT2D eigenvalue weighted by Gasteiger charge is 2.67. The molecule has 0 amide bonds. The van der Waals surface area contributed by atoms with Gasteiger partial charge in [-0.3, -0.25) is 23.7 Å². The van der Waals surface area contributed by atoms with Crippen molar-refractivity contribution in [1.29, 1.82) is 0 Å². The molecule has 0 bridgehead atoms. The first kappa shape index (κ1) is 34.7. The van der Waals surface area contributed by atoms with Crippen molar-refractivity contribution in [3.8, 4) is 0 Å². The Bertz CT molecular complexity index is 1220. The number of hydrogen-bond donors (Lipinski definition) is 1. The molecule has 4 unspecified atom stereocenters. The van der Waals surface area contributed by atoms with E-state index in [4.69, 9.17) is 23.5 Å². The van der Waals surface area contributed by atoms with Crippen LogP contribution in [0.2, 0.25) is 0 Å². The van der Waals surface area contributed by atoms with Gasteiger partial charge >= 0.3 is 23.9 Å². The van der Waals surface area contributed by atoms with Crippen LogP contribution in [0.4, 0.5) is 0 Å². The third-order valence-electron chi connectivity index (χ3n) is 11.8. The lowest BCUT2D eigenvalue weighted by Gasteiger charge is -2.64. The molecule has 250 valence electrons. The second kappa shape index (κ2) is 13.3. The molecule has 0 radical (unpaired) electrons. The Morgan fingerprint density at radius 1 is 0.886 bits per heavy atom. The van der Waals surface area contributed by atoms with Crippen LogP contribution in [0.3, 0.4) is 0 Å². The van der Waals surface area contributed by atoms with E-state index >= 15 is 0 Å². The lowest BCUT2D eigenvalue weighted by Crippen LogP contribution is -2.63. The Kier molecular flexibility index (Phi) is 10.4. The van der Waals surface area contributed by atoms with Crippen molar-refractivity contribution in [2.45, 2.75) is 118 Å². The van der Waals surface area contributed by atoms with Crippen molar-refractivity contribution < 1.29 is 51.1 Å². The van der Waals surface area contributed by atoms with Crippen molar-refractivity contribution in [3.05, 3.63) is 0 Å². The minimum Gasteiger partial charge on any atom is -0.464 e. The number of ether oxygens (including phenoxy) is 4. The van der Waals surface area contributed by atoms with Crippen molar-refractivity contribution >= 4 is 34.0 Å². The summed E-state index contributed by atoms with van der Waals surface area (Å²) in [4.78, 5) is 49.1. The van der Waals surface area contributed by atoms with E-state index in [1.165, 1.54) is 20.8 Å². The molecule has 0 aromatic heterocycles. The van der Waals surface area contributed by atoms with Crippen LogP contribution in [0, 0.1) is 46.3 Å². The predicted octanol–water partition coefficient (Wildman–Crippen LogP) is 4.51. The Balaban J connectivity index is 1.59. The first-order valence-electron chi connectivity index (χ1n) is 16.1. The van der Waals surface area contributed by atoms with Gasteiger partial charge in [-0.25, -0.2) is 0 Å². The van der Waals surface area contributed by atoms with Gasteiger partial charge in [0.1, 0.15) is 30.7 Å². The van der Waals surface area contributed by atoms with Crippen LogP contribution in [-0.2, 0) is 48.2 Å². The summed E-state index contributed by atoms with van der Waals surface area (Å²) < 4.78 is 53.7. The van der Waals surface area contributed by atoms with Gasteiger partial charge in [0.05, 0.1) is 0 Å². The number of fused-ring (bicyclic) bond motifs is 5. The minimum atomic E-state index is -4.21. The lowest BCUT2D eigenvalue weighted by molar-refractivity contribution is -0.224. The van der Waals surface area contributed by atoms with Crippen LogP contribution in [0.1, 0.15) is 99.3 Å². The molecular weight excluding hydrogens is 592 g/mol. The Morgan fingerprint density at radius 2 is 1.55 bits per heavy atom. The Hall–Kier alpha value is -2.21. The van der Waals surface area contributed by atoms with E-state index in [0.717, 1.165) is 32.1 Å². The number of rotatable bonds is 10. The molecule has 12 heteroatoms. The molecule has 0 spiro atoms. The molecule has 4 aliphatic rings. The second-order valence-electron chi connectivity index (χ2n) is 14.3. The average molecular weight is 643 g/mol. The highest BCUT2D eigenvalue weighted by Crippen LogP contribution is 2.69. The standard InChI is InChI=1S/C32H50O11S/c1-18(7-10-29(36)40-13-14-44(37,38)39)24-8-9-25-30-26(17-28(32(24,25)6)43-21(4)35)31(5)12-11-23(41-19(2)33)15-22(31)16-27(30)42-20(3)34/h18,22-28,30H,7-17H2,1-6H3,(H,37,38,39)/t18-,22?,23?,24-,25+,26+,27?,28?,30+,31+,32-/m1/s1. The normalized spacial score (nSPS) is 38.7. The minimum absolute atomic E-state index is 0.0759. The van der Waals surface area contributed by atoms with Crippen molar-refractivity contribution in [2.24, 2.45) is 46.3 Å². The summed E-state index contributed by atoms with van der Waals surface area (Å²) in [6.45, 7) is 10.5. The average Bonchev–Trinajstić information content (AvgIpc) is 3.25. The third kappa shape index (κ3) is 7.26. The zero-order valence-corrected chi connectivity index (χ0v) is 27.7. The van der Waals surface area contributed by atoms with E-state index in [2.05, 4.69) is 20.8 Å². The SMILES string of the molecule is CC(=O)OC1CC[C@@]2(C)C(C1)CC(OC(C)=O)[C@H]1[C@@H]3CC[C@H]([C@H](C)CCC(=O)OCCS(=O)(=O)O)[C@@]3(C)C(OC(C)=O)C[C@@H]12. The van der Waals surface area contributed by atoms with Crippen molar-refractivity contribution in [3.63, 3.8) is 0 Å². The Morgan fingerprint density at radius 3 is 2.16 bits per heavy atom. The van der Waals surface area contributed by atoms with Gasteiger partial charge in [0.2, 0.25) is 0 Å². The lowest BCUT2D eigenvalue weighted by atomic mass is 9.43. The van der Waals surface area contributed by atoms with Crippen LogP contribution in [0.5, 0.6) is 0 Å². The van der Waals surface area contributed by atoms with E-state index in [0.29, 0.717) is 19.3 Å². The highest BCUT2D eigenvalue weighted by atomic mass is 32.2. The molecule has 44 heavy (non-hydrogen) atoms. The number of esters is 4. The van der Waals surface area contributed by atoms with Crippen molar-refractivity contribution in [1.82, 2.24) is 0 Å². The van der Waals surface area contributed by atoms with Gasteiger partial charge < -0.3 is 18.9 Å². The monoisotopic (exact) mass is 642 g/mol. The van der Waals surface area contributed by atoms with Gasteiger partial charge in [-0.05, 0) is 86.4 Å². The quantitative estimate of drug-likeness (QED) is 0.203. The van der Waals surface area contributed by atoms with Gasteiger partial charge in [0.15, 0.2) is 0 Å². The largest absolute Gasteiger partial charge is 0.464 e. The van der Waals surface area contributed by atoms with Gasteiger partial charge in [0.25, 0.3) is 10.1 Å². The summed E-state index contributed by atoms with van der Waals surface area (Å²) in [6.07, 6.45) is 5.32. The molecule has 1 N–H and O–H groups in total. The maximum atomic E-state index is 12.5. The fourth-order valence-corrected chi connectivity index (χ4v) is 10.3. The fourth-order valence-electron chi connectivity index (χ4n) is 10.00. The molecule has 4 aliphatic carbocycles. The van der Waals surface area contributed by atoms with Gasteiger partial charge in [0, 0.05) is 38.5 Å². The number of carbonyl (C=O) groups excluding carboxylic acids is 4. The molecule has 0 aromatic carbocycles. The maximum Gasteiger partial charge on any atom is 0.305 e. The van der Waals surface area contributed by atoms with E-state index < -0.39 is 33.9 Å². The summed E-state index contributed by atoms with van der Waals surface area (Å²) in [5, 5.41) is 0. The molecule has 0 saturated heterocycles. The highest BCUT2D eigenvalue weighted by molar-refractivity contribution is 7.85. The molecular formula is C32H50O11S. The summed E-state index contributed by atoms with van der Waals surface area (Å²) in [6, 6.07) is 0. The molecule has 11 nitrogen and oxygen atoms in total. The number of hydrogen-bond acceptors (Lipinski definition) is 10. The summed E-state index contributed by atoms with van der Waals surface area (Å²) in [5.41, 5.74) is -0.495. The number of carbonyl (C=O) groups is 4. The van der Waals surface area contributed by atoms with Crippen LogP contribution in [-0.4, -0.2) is 67.5 Å². The van der Waals surface area contributed by atoms with Gasteiger partial charge in [-0.2, -0.15) is 8.42 Å². The summed E-state index contributed by atoms with van der Waals surface area (Å²) >= 11 is 0. The van der Waals surface area contributed by atoms with Crippen LogP contribution >= 0.6 is 0 Å². The van der Waals surface area contributed by atoms with E-state index in [1.807, 2.05) is 0 Å². The second-order valence-corrected chi connectivity index (χ2v) is 15.9. The third-order valence-corrected chi connectivity index (χ3v) is 12.5. The maximum absolute atomic E-state index is 12.5. The fraction of sp³-hybridized carbons (Fsp3) is 0.875. The van der Waals surface area contributed by atoms with E-state index in [9.17, 15) is 27.6 Å². The van der Waals surface area contributed by atoms with Crippen LogP contribution in [0.25, 0.3) is 0 Å². The first-order chi connectivity index (χ1) is 20.5. The van der Waals surface area contributed by atoms with Gasteiger partial charge in [-0.1, -0.05) is 20.8 Å². The van der Waals surface area contributed by atoms with Crippen molar-refractivity contribution in [2.75, 3.05) is 12.4 Å². The smallest absolute Gasteiger partial charge is 0.305 e. The molecule has 0 heterocycles. The van der Waals surface area contributed by atoms with Crippen LogP contribution < -0.4 is 0 Å². The molecule has 4 saturated carbocycles. The topological polar surface area (TPSA) is 160 Å². The molecule has 11 atom stereocenters. The van der Waals surface area contributed by atoms with E-state index in [-0.39, 0.29) is 83.6 Å². The van der Waals surface area contributed by atoms with Gasteiger partial charge in [-0.15, -0.1) is 0 Å². The Labute approximate surface area is 261 Å². The predicted molar refractivity (Wildman–Crippen MR) is 158 cm³/mol. The van der Waals surface area contributed by atoms with Crippen LogP contribution in [0.15, 0.2) is 0 Å². The molecule has 0 aromatic rings. The molecule has 0 aliphatic heterocycles. The molecule has 4 fully saturated rings. The summed E-state index contributed by atoms with van der Waals surface area (Å²) in [7, 11) is -4.21. The zero-order chi connectivity index (χ0) is 32.6. The molecule has 4 rings (SSSR count). The van der Waals surface area contributed by atoms with E-state index in [1.54, 1.807) is 0 Å². The zero-order valence-electron chi connectivity index (χ0n) is 26.9.